The lowest BCUT2D eigenvalue weighted by Gasteiger charge is -2.25. The Morgan fingerprint density at radius 2 is 1.97 bits per heavy atom. The van der Waals surface area contributed by atoms with Crippen LogP contribution in [0, 0.1) is 0 Å². The Hall–Kier alpha value is -2.00. The zero-order valence-corrected chi connectivity index (χ0v) is 18.0. The van der Waals surface area contributed by atoms with E-state index < -0.39 is 17.9 Å². The number of amides is 2. The van der Waals surface area contributed by atoms with Gasteiger partial charge in [0, 0.05) is 5.02 Å². The Kier molecular flexibility index (Phi) is 6.89. The third kappa shape index (κ3) is 4.95. The van der Waals surface area contributed by atoms with E-state index in [-0.39, 0.29) is 39.0 Å². The van der Waals surface area contributed by atoms with Crippen LogP contribution in [0.25, 0.3) is 0 Å². The summed E-state index contributed by atoms with van der Waals surface area (Å²) in [6, 6.07) is 7.60. The van der Waals surface area contributed by atoms with Crippen molar-refractivity contribution in [3.05, 3.63) is 51.0 Å². The molecule has 154 valence electrons. The van der Waals surface area contributed by atoms with Gasteiger partial charge in [-0.15, -0.1) is 11.8 Å². The number of benzene rings is 2. The molecule has 0 radical (unpaired) electrons. The number of carbonyl (C=O) groups is 2. The smallest absolute Gasteiger partial charge is 0.276 e. The van der Waals surface area contributed by atoms with Crippen molar-refractivity contribution >= 4 is 58.4 Å². The van der Waals surface area contributed by atoms with E-state index in [0.717, 1.165) is 0 Å². The van der Waals surface area contributed by atoms with Crippen LogP contribution in [-0.2, 0) is 9.59 Å². The van der Waals surface area contributed by atoms with Gasteiger partial charge in [-0.05, 0) is 29.8 Å². The van der Waals surface area contributed by atoms with Gasteiger partial charge in [-0.3, -0.25) is 15.0 Å². The number of hydrazine groups is 1. The minimum absolute atomic E-state index is 0.0220. The molecule has 0 spiro atoms. The fourth-order valence-corrected chi connectivity index (χ4v) is 4.63. The van der Waals surface area contributed by atoms with Crippen LogP contribution in [0.3, 0.4) is 0 Å². The molecule has 1 heterocycles. The Labute approximate surface area is 185 Å². The molecule has 1 unspecified atom stereocenters. The number of phenols is 1. The molecule has 2 aromatic rings. The quantitative estimate of drug-likeness (QED) is 0.653. The molecule has 3 rings (SSSR count). The molecular formula is C18H15Cl3N2O5S. The third-order valence-electron chi connectivity index (χ3n) is 3.91. The zero-order valence-electron chi connectivity index (χ0n) is 14.9. The fraction of sp³-hybridized carbons (Fsp3) is 0.222. The number of nitrogens with zero attached hydrogens (tertiary/aromatic N) is 1. The number of thioether (sulfide) groups is 1. The van der Waals surface area contributed by atoms with Gasteiger partial charge in [0.1, 0.15) is 5.37 Å². The Balaban J connectivity index is 1.69. The highest BCUT2D eigenvalue weighted by atomic mass is 35.5. The maximum Gasteiger partial charge on any atom is 0.276 e. The van der Waals surface area contributed by atoms with Crippen molar-refractivity contribution < 1.29 is 24.2 Å². The van der Waals surface area contributed by atoms with Crippen LogP contribution in [0.4, 0.5) is 0 Å². The van der Waals surface area contributed by atoms with Gasteiger partial charge in [-0.25, -0.2) is 5.01 Å². The standard InChI is InChI=1S/C18H15Cl3N2O5S/c1-27-14-4-9(2-3-13(14)24)18-23(16(26)8-29-18)22-15(25)7-28-17-11(20)5-10(19)6-12(17)21/h2-6,18,24H,7-8H2,1H3,(H,22,25). The summed E-state index contributed by atoms with van der Waals surface area (Å²) in [5.41, 5.74) is 3.21. The van der Waals surface area contributed by atoms with Crippen molar-refractivity contribution in [2.45, 2.75) is 5.37 Å². The summed E-state index contributed by atoms with van der Waals surface area (Å²) in [4.78, 5) is 24.6. The average Bonchev–Trinajstić information content (AvgIpc) is 3.01. The SMILES string of the molecule is COc1cc(C2SCC(=O)N2NC(=O)COc2c(Cl)cc(Cl)cc2Cl)ccc1O. The normalized spacial score (nSPS) is 16.1. The number of hydrogen-bond acceptors (Lipinski definition) is 6. The van der Waals surface area contributed by atoms with E-state index in [1.54, 1.807) is 12.1 Å². The molecule has 0 aromatic heterocycles. The van der Waals surface area contributed by atoms with Crippen molar-refractivity contribution in [3.63, 3.8) is 0 Å². The fourth-order valence-electron chi connectivity index (χ4n) is 2.61. The second-order valence-corrected chi connectivity index (χ2v) is 8.20. The number of phenolic OH excluding ortho intramolecular Hbond substituents is 1. The van der Waals surface area contributed by atoms with Crippen LogP contribution in [0.1, 0.15) is 10.9 Å². The number of ether oxygens (including phenoxy) is 2. The first-order chi connectivity index (χ1) is 13.8. The summed E-state index contributed by atoms with van der Waals surface area (Å²) in [5.74, 6) is -0.295. The molecule has 1 fully saturated rings. The monoisotopic (exact) mass is 476 g/mol. The molecule has 1 saturated heterocycles. The molecular weight excluding hydrogens is 463 g/mol. The van der Waals surface area contributed by atoms with Gasteiger partial charge < -0.3 is 14.6 Å². The maximum atomic E-state index is 12.3. The van der Waals surface area contributed by atoms with E-state index in [1.807, 2.05) is 0 Å². The molecule has 2 aromatic carbocycles. The average molecular weight is 478 g/mol. The van der Waals surface area contributed by atoms with Gasteiger partial charge in [0.15, 0.2) is 23.9 Å². The van der Waals surface area contributed by atoms with Gasteiger partial charge in [0.2, 0.25) is 0 Å². The van der Waals surface area contributed by atoms with Gasteiger partial charge in [0.05, 0.1) is 22.9 Å². The first kappa shape index (κ1) is 21.7. The molecule has 7 nitrogen and oxygen atoms in total. The number of rotatable bonds is 6. The second kappa shape index (κ2) is 9.21. The van der Waals surface area contributed by atoms with Gasteiger partial charge in [-0.1, -0.05) is 40.9 Å². The highest BCUT2D eigenvalue weighted by Gasteiger charge is 2.35. The molecule has 1 aliphatic heterocycles. The van der Waals surface area contributed by atoms with E-state index in [2.05, 4.69) is 5.43 Å². The third-order valence-corrected chi connectivity index (χ3v) is 5.90. The van der Waals surface area contributed by atoms with Crippen molar-refractivity contribution in [1.29, 1.82) is 0 Å². The highest BCUT2D eigenvalue weighted by molar-refractivity contribution is 8.00. The molecule has 0 bridgehead atoms. The van der Waals surface area contributed by atoms with E-state index in [4.69, 9.17) is 44.3 Å². The maximum absolute atomic E-state index is 12.3. The number of hydrogen-bond donors (Lipinski definition) is 2. The van der Waals surface area contributed by atoms with Crippen LogP contribution in [0.15, 0.2) is 30.3 Å². The van der Waals surface area contributed by atoms with Crippen molar-refractivity contribution in [1.82, 2.24) is 10.4 Å². The van der Waals surface area contributed by atoms with E-state index in [1.165, 1.54) is 42.1 Å². The highest BCUT2D eigenvalue weighted by Crippen LogP contribution is 2.40. The summed E-state index contributed by atoms with van der Waals surface area (Å²) in [5, 5.41) is 11.2. The molecule has 11 heteroatoms. The lowest BCUT2D eigenvalue weighted by molar-refractivity contribution is -0.140. The summed E-state index contributed by atoms with van der Waals surface area (Å²) in [7, 11) is 1.43. The molecule has 2 N–H and O–H groups in total. The van der Waals surface area contributed by atoms with Crippen LogP contribution >= 0.6 is 46.6 Å². The summed E-state index contributed by atoms with van der Waals surface area (Å²) in [6.45, 7) is -0.416. The largest absolute Gasteiger partial charge is 0.504 e. The number of carbonyl (C=O) groups excluding carboxylic acids is 2. The Morgan fingerprint density at radius 1 is 1.28 bits per heavy atom. The van der Waals surface area contributed by atoms with Crippen molar-refractivity contribution in [3.8, 4) is 17.2 Å². The predicted molar refractivity (Wildman–Crippen MR) is 112 cm³/mol. The first-order valence-electron chi connectivity index (χ1n) is 8.17. The van der Waals surface area contributed by atoms with Crippen LogP contribution in [0.5, 0.6) is 17.2 Å². The van der Waals surface area contributed by atoms with Crippen LogP contribution in [-0.4, -0.2) is 41.4 Å². The minimum Gasteiger partial charge on any atom is -0.504 e. The molecule has 1 aliphatic rings. The zero-order chi connectivity index (χ0) is 21.1. The van der Waals surface area contributed by atoms with Crippen molar-refractivity contribution in [2.75, 3.05) is 19.5 Å². The van der Waals surface area contributed by atoms with E-state index in [9.17, 15) is 14.7 Å². The molecule has 2 amide bonds. The van der Waals surface area contributed by atoms with E-state index in [0.29, 0.717) is 10.6 Å². The van der Waals surface area contributed by atoms with Gasteiger partial charge in [0.25, 0.3) is 11.8 Å². The summed E-state index contributed by atoms with van der Waals surface area (Å²) < 4.78 is 10.5. The first-order valence-corrected chi connectivity index (χ1v) is 10.4. The summed E-state index contributed by atoms with van der Waals surface area (Å²) >= 11 is 19.2. The van der Waals surface area contributed by atoms with Gasteiger partial charge in [-0.2, -0.15) is 0 Å². The molecule has 1 atom stereocenters. The Morgan fingerprint density at radius 3 is 2.62 bits per heavy atom. The number of methoxy groups -OCH3 is 1. The van der Waals surface area contributed by atoms with Crippen LogP contribution < -0.4 is 14.9 Å². The van der Waals surface area contributed by atoms with Crippen molar-refractivity contribution in [2.24, 2.45) is 0 Å². The predicted octanol–water partition coefficient (Wildman–Crippen LogP) is 4.05. The minimum atomic E-state index is -0.571. The molecule has 29 heavy (non-hydrogen) atoms. The number of nitrogens with one attached hydrogen (secondary N) is 1. The second-order valence-electron chi connectivity index (χ2n) is 5.88. The lowest BCUT2D eigenvalue weighted by atomic mass is 10.2. The lowest BCUT2D eigenvalue weighted by Crippen LogP contribution is -2.46. The Bertz CT molecular complexity index is 936. The van der Waals surface area contributed by atoms with E-state index >= 15 is 0 Å². The van der Waals surface area contributed by atoms with Crippen LogP contribution in [0.2, 0.25) is 15.1 Å². The number of halogens is 3. The molecule has 0 saturated carbocycles. The summed E-state index contributed by atoms with van der Waals surface area (Å²) in [6.07, 6.45) is 0. The number of aromatic hydroxyl groups is 1. The van der Waals surface area contributed by atoms with Gasteiger partial charge >= 0.3 is 0 Å². The molecule has 0 aliphatic carbocycles. The topological polar surface area (TPSA) is 88.1 Å².